The molecular formula is C66H113O11P. The molecule has 2 N–H and O–H groups in total. The molecule has 3 unspecified atom stereocenters. The van der Waals surface area contributed by atoms with Crippen LogP contribution in [-0.4, -0.2) is 66.5 Å². The molecule has 78 heavy (non-hydrogen) atoms. The third-order valence-electron chi connectivity index (χ3n) is 13.0. The van der Waals surface area contributed by atoms with Gasteiger partial charge in [0.2, 0.25) is 0 Å². The Labute approximate surface area is 476 Å². The highest BCUT2D eigenvalue weighted by Crippen LogP contribution is 2.43. The topological polar surface area (TPSA) is 155 Å². The van der Waals surface area contributed by atoms with Gasteiger partial charge in [0.15, 0.2) is 6.10 Å². The molecule has 0 aromatic heterocycles. The number of aliphatic hydroxyl groups is 1. The van der Waals surface area contributed by atoms with Crippen LogP contribution in [0.15, 0.2) is 97.2 Å². The maximum atomic E-state index is 12.9. The summed E-state index contributed by atoms with van der Waals surface area (Å²) in [5, 5.41) is 9.82. The van der Waals surface area contributed by atoms with Crippen LogP contribution in [0.5, 0.6) is 0 Å². The molecule has 3 atom stereocenters. The normalized spacial score (nSPS) is 14.0. The predicted molar refractivity (Wildman–Crippen MR) is 325 cm³/mol. The lowest BCUT2D eigenvalue weighted by Crippen LogP contribution is -2.30. The van der Waals surface area contributed by atoms with E-state index >= 15 is 0 Å². The van der Waals surface area contributed by atoms with Gasteiger partial charge in [-0.15, -0.1) is 0 Å². The molecule has 0 bridgehead atoms. The molecule has 448 valence electrons. The molecule has 0 spiro atoms. The van der Waals surface area contributed by atoms with Crippen molar-refractivity contribution in [2.75, 3.05) is 26.4 Å². The highest BCUT2D eigenvalue weighted by atomic mass is 31.2. The number of ether oxygens (including phenoxy) is 3. The molecule has 0 saturated carbocycles. The van der Waals surface area contributed by atoms with Crippen LogP contribution < -0.4 is 0 Å². The van der Waals surface area contributed by atoms with Crippen molar-refractivity contribution >= 4 is 25.7 Å². The third kappa shape index (κ3) is 57.1. The second-order valence-electron chi connectivity index (χ2n) is 20.5. The fourth-order valence-electron chi connectivity index (χ4n) is 8.30. The number of phosphoric acid groups is 1. The lowest BCUT2D eigenvalue weighted by Gasteiger charge is -2.21. The minimum atomic E-state index is -4.78. The Kier molecular flexibility index (Phi) is 56.8. The van der Waals surface area contributed by atoms with Gasteiger partial charge in [-0.1, -0.05) is 259 Å². The van der Waals surface area contributed by atoms with Crippen molar-refractivity contribution in [1.82, 2.24) is 0 Å². The first-order valence-corrected chi connectivity index (χ1v) is 32.6. The summed E-state index contributed by atoms with van der Waals surface area (Å²) < 4.78 is 39.5. The largest absolute Gasteiger partial charge is 0.472 e. The number of hydrogen-bond acceptors (Lipinski definition) is 10. The van der Waals surface area contributed by atoms with E-state index in [-0.39, 0.29) is 25.9 Å². The summed E-state index contributed by atoms with van der Waals surface area (Å²) in [5.41, 5.74) is 0. The molecular weight excluding hydrogens is 1000 g/mol. The summed E-state index contributed by atoms with van der Waals surface area (Å²) >= 11 is 0. The van der Waals surface area contributed by atoms with E-state index in [1.807, 2.05) is 12.2 Å². The smallest absolute Gasteiger partial charge is 0.462 e. The van der Waals surface area contributed by atoms with Crippen LogP contribution >= 0.6 is 7.82 Å². The van der Waals surface area contributed by atoms with Crippen LogP contribution in [-0.2, 0) is 42.2 Å². The average Bonchev–Trinajstić information content (AvgIpc) is 3.43. The zero-order valence-electron chi connectivity index (χ0n) is 49.6. The Hall–Kier alpha value is -3.60. The van der Waals surface area contributed by atoms with E-state index in [1.54, 1.807) is 0 Å². The SMILES string of the molecule is CC/C=C\C/C=C\C/C=C\C/C=C\C/C=C\C/C=C\CCC(=O)OC(COC(=O)CCCCCCCCCCCCCCCCCCCCC)COP(=O)(O)OCC(CO)OC(=O)CCCCCCC/C=C\C/C=C\CCC. The number of allylic oxidation sites excluding steroid dienone is 16. The second-order valence-corrected chi connectivity index (χ2v) is 21.9. The number of carbonyl (C=O) groups is 3. The van der Waals surface area contributed by atoms with Gasteiger partial charge in [-0.2, -0.15) is 0 Å². The Morgan fingerprint density at radius 2 is 0.718 bits per heavy atom. The molecule has 0 aliphatic rings. The van der Waals surface area contributed by atoms with E-state index in [4.69, 9.17) is 23.3 Å². The highest BCUT2D eigenvalue weighted by molar-refractivity contribution is 7.47. The molecule has 0 radical (unpaired) electrons. The highest BCUT2D eigenvalue weighted by Gasteiger charge is 2.28. The van der Waals surface area contributed by atoms with Gasteiger partial charge in [-0.25, -0.2) is 4.57 Å². The lowest BCUT2D eigenvalue weighted by atomic mass is 10.0. The van der Waals surface area contributed by atoms with Crippen molar-refractivity contribution in [3.05, 3.63) is 97.2 Å². The minimum Gasteiger partial charge on any atom is -0.462 e. The van der Waals surface area contributed by atoms with Gasteiger partial charge >= 0.3 is 25.7 Å². The van der Waals surface area contributed by atoms with Crippen LogP contribution in [0.1, 0.15) is 265 Å². The number of esters is 3. The second kappa shape index (κ2) is 59.5. The van der Waals surface area contributed by atoms with Crippen molar-refractivity contribution in [3.63, 3.8) is 0 Å². The Morgan fingerprint density at radius 3 is 1.15 bits per heavy atom. The molecule has 0 heterocycles. The zero-order valence-corrected chi connectivity index (χ0v) is 50.5. The molecule has 0 aliphatic carbocycles. The maximum absolute atomic E-state index is 12.9. The molecule has 0 aromatic carbocycles. The first-order valence-electron chi connectivity index (χ1n) is 31.1. The third-order valence-corrected chi connectivity index (χ3v) is 13.9. The summed E-state index contributed by atoms with van der Waals surface area (Å²) in [5.74, 6) is -1.58. The number of carbonyl (C=O) groups excluding carboxylic acids is 3. The fourth-order valence-corrected chi connectivity index (χ4v) is 9.09. The Bertz CT molecular complexity index is 1680. The summed E-state index contributed by atoms with van der Waals surface area (Å²) in [6.45, 7) is 4.39. The summed E-state index contributed by atoms with van der Waals surface area (Å²) in [7, 11) is -4.78. The molecule has 0 aromatic rings. The van der Waals surface area contributed by atoms with Crippen LogP contribution in [0.25, 0.3) is 0 Å². The number of unbranched alkanes of at least 4 members (excludes halogenated alkanes) is 24. The number of hydrogen-bond donors (Lipinski definition) is 2. The van der Waals surface area contributed by atoms with Crippen LogP contribution in [0.2, 0.25) is 0 Å². The predicted octanol–water partition coefficient (Wildman–Crippen LogP) is 18.8. The van der Waals surface area contributed by atoms with Crippen molar-refractivity contribution in [2.24, 2.45) is 0 Å². The lowest BCUT2D eigenvalue weighted by molar-refractivity contribution is -0.161. The standard InChI is InChI=1S/C66H113O11P/c1-4-7-10-13-16-19-22-25-27-29-31-33-35-38-40-43-46-49-52-55-64(68)73-59-63(77-66(70)57-54-51-48-45-42-39-36-34-32-30-28-26-23-20-17-14-11-8-5-2)61-75-78(71,72)74-60-62(58-67)76-65(69)56-53-50-47-44-41-37-24-21-18-15-12-9-6-3/h8,11-12,15,17,20-21,24,26,28,32,34,39,42,48,51,62-63,67H,4-7,9-10,13-14,16,18-19,22-23,25,27,29-31,33,35-38,40-41,43-47,49-50,52-61H2,1-3H3,(H,71,72)/b11-8-,15-12-,20-17-,24-21-,28-26-,34-32-,42-39-,51-48-. The quantitative estimate of drug-likeness (QED) is 0.0197. The molecule has 0 fully saturated rings. The maximum Gasteiger partial charge on any atom is 0.472 e. The van der Waals surface area contributed by atoms with Crippen molar-refractivity contribution in [1.29, 1.82) is 0 Å². The Balaban J connectivity index is 4.81. The van der Waals surface area contributed by atoms with E-state index in [0.717, 1.165) is 103 Å². The Morgan fingerprint density at radius 1 is 0.372 bits per heavy atom. The summed E-state index contributed by atoms with van der Waals surface area (Å²) in [6, 6.07) is 0. The zero-order chi connectivity index (χ0) is 56.9. The van der Waals surface area contributed by atoms with Gasteiger partial charge < -0.3 is 24.2 Å². The monoisotopic (exact) mass is 1110 g/mol. The summed E-state index contributed by atoms with van der Waals surface area (Å²) in [4.78, 5) is 48.6. The van der Waals surface area contributed by atoms with Crippen LogP contribution in [0, 0.1) is 0 Å². The molecule has 0 rings (SSSR count). The van der Waals surface area contributed by atoms with Gasteiger partial charge in [-0.05, 0) is 83.5 Å². The van der Waals surface area contributed by atoms with Gasteiger partial charge in [0.25, 0.3) is 0 Å². The van der Waals surface area contributed by atoms with Gasteiger partial charge in [0, 0.05) is 19.3 Å². The van der Waals surface area contributed by atoms with Gasteiger partial charge in [0.05, 0.1) is 19.8 Å². The van der Waals surface area contributed by atoms with Gasteiger partial charge in [0.1, 0.15) is 12.7 Å². The van der Waals surface area contributed by atoms with E-state index in [0.29, 0.717) is 25.7 Å². The molecule has 0 amide bonds. The van der Waals surface area contributed by atoms with Crippen LogP contribution in [0.3, 0.4) is 0 Å². The molecule has 11 nitrogen and oxygen atoms in total. The first kappa shape index (κ1) is 74.4. The first-order chi connectivity index (χ1) is 38.2. The van der Waals surface area contributed by atoms with E-state index in [1.165, 1.54) is 96.3 Å². The van der Waals surface area contributed by atoms with Crippen LogP contribution in [0.4, 0.5) is 0 Å². The van der Waals surface area contributed by atoms with E-state index in [9.17, 15) is 28.9 Å². The summed E-state index contributed by atoms with van der Waals surface area (Å²) in [6.07, 6.45) is 71.0. The van der Waals surface area contributed by atoms with Crippen molar-refractivity contribution in [2.45, 2.75) is 277 Å². The number of phosphoric ester groups is 1. The average molecular weight is 1110 g/mol. The number of aliphatic hydroxyl groups excluding tert-OH is 1. The molecule has 0 saturated heterocycles. The minimum absolute atomic E-state index is 0.0396. The number of rotatable bonds is 57. The van der Waals surface area contributed by atoms with E-state index < -0.39 is 57.8 Å². The van der Waals surface area contributed by atoms with E-state index in [2.05, 4.69) is 106 Å². The van der Waals surface area contributed by atoms with Gasteiger partial charge in [-0.3, -0.25) is 23.4 Å². The molecule has 12 heteroatoms. The fraction of sp³-hybridized carbons (Fsp3) is 0.712. The van der Waals surface area contributed by atoms with Crippen molar-refractivity contribution < 1.29 is 52.2 Å². The van der Waals surface area contributed by atoms with Crippen molar-refractivity contribution in [3.8, 4) is 0 Å². The molecule has 0 aliphatic heterocycles.